The number of carbonyl (C=O) groups is 1. The number of anilines is 2. The van der Waals surface area contributed by atoms with Gasteiger partial charge < -0.3 is 15.4 Å². The Bertz CT molecular complexity index is 655. The number of carbonyl (C=O) groups excluding carboxylic acids is 1. The highest BCUT2D eigenvalue weighted by Gasteiger charge is 2.25. The van der Waals surface area contributed by atoms with E-state index < -0.39 is 6.10 Å². The van der Waals surface area contributed by atoms with Crippen LogP contribution in [0.25, 0.3) is 0 Å². The summed E-state index contributed by atoms with van der Waals surface area (Å²) < 4.78 is 5.75. The van der Waals surface area contributed by atoms with Gasteiger partial charge in [0.2, 0.25) is 0 Å². The van der Waals surface area contributed by atoms with Crippen LogP contribution in [0.5, 0.6) is 5.75 Å². The summed E-state index contributed by atoms with van der Waals surface area (Å²) in [5.74, 6) is 0.580. The highest BCUT2D eigenvalue weighted by molar-refractivity contribution is 5.95. The van der Waals surface area contributed by atoms with Crippen molar-refractivity contribution in [3.63, 3.8) is 0 Å². The van der Waals surface area contributed by atoms with Gasteiger partial charge in [0.15, 0.2) is 6.10 Å². The number of hydrogen-bond donors (Lipinski definition) is 2. The van der Waals surface area contributed by atoms with Crippen LogP contribution in [0.3, 0.4) is 0 Å². The summed E-state index contributed by atoms with van der Waals surface area (Å²) in [6.07, 6.45) is 0.420. The summed E-state index contributed by atoms with van der Waals surface area (Å²) in [7, 11) is 0. The van der Waals surface area contributed by atoms with Crippen LogP contribution in [-0.2, 0) is 11.2 Å². The van der Waals surface area contributed by atoms with Crippen molar-refractivity contribution < 1.29 is 9.53 Å². The van der Waals surface area contributed by atoms with E-state index in [0.717, 1.165) is 17.8 Å². The van der Waals surface area contributed by atoms with Gasteiger partial charge in [0.25, 0.3) is 5.91 Å². The lowest BCUT2D eigenvalue weighted by molar-refractivity contribution is -0.122. The monoisotopic (exact) mass is 282 g/mol. The number of ether oxygens (including phenoxy) is 1. The van der Waals surface area contributed by atoms with E-state index in [1.165, 1.54) is 5.56 Å². The van der Waals surface area contributed by atoms with Gasteiger partial charge in [-0.3, -0.25) is 4.79 Å². The van der Waals surface area contributed by atoms with Gasteiger partial charge in [0.1, 0.15) is 5.75 Å². The Hall–Kier alpha value is -2.49. The van der Waals surface area contributed by atoms with Gasteiger partial charge in [0, 0.05) is 5.69 Å². The van der Waals surface area contributed by atoms with Crippen LogP contribution in [0, 0.1) is 0 Å². The fourth-order valence-corrected chi connectivity index (χ4v) is 2.35. The predicted octanol–water partition coefficient (Wildman–Crippen LogP) is 3.06. The first-order valence-electron chi connectivity index (χ1n) is 7.15. The summed E-state index contributed by atoms with van der Waals surface area (Å²) in [5, 5.41) is 6.13. The molecule has 2 aromatic rings. The number of hydrogen-bond acceptors (Lipinski definition) is 3. The zero-order valence-corrected chi connectivity index (χ0v) is 11.9. The molecule has 0 radical (unpaired) electrons. The lowest BCUT2D eigenvalue weighted by atomic mass is 10.1. The summed E-state index contributed by atoms with van der Waals surface area (Å²) >= 11 is 0. The third-order valence-corrected chi connectivity index (χ3v) is 3.53. The molecule has 4 heteroatoms. The van der Waals surface area contributed by atoms with Crippen LogP contribution in [-0.4, -0.2) is 18.6 Å². The minimum Gasteiger partial charge on any atom is -0.477 e. The second-order valence-electron chi connectivity index (χ2n) is 5.03. The maximum atomic E-state index is 12.3. The molecule has 0 aliphatic carbocycles. The van der Waals surface area contributed by atoms with E-state index in [0.29, 0.717) is 12.3 Å². The van der Waals surface area contributed by atoms with E-state index in [9.17, 15) is 4.79 Å². The van der Waals surface area contributed by atoms with Crippen molar-refractivity contribution in [2.75, 3.05) is 17.2 Å². The van der Waals surface area contributed by atoms with Crippen molar-refractivity contribution in [1.29, 1.82) is 0 Å². The van der Waals surface area contributed by atoms with Crippen molar-refractivity contribution in [2.45, 2.75) is 19.4 Å². The average Bonchev–Trinajstić information content (AvgIpc) is 2.54. The zero-order chi connectivity index (χ0) is 14.7. The molecule has 0 spiro atoms. The Morgan fingerprint density at radius 1 is 1.29 bits per heavy atom. The number of aryl methyl sites for hydroxylation is 1. The summed E-state index contributed by atoms with van der Waals surface area (Å²) in [6.45, 7) is 2.56. The molecule has 1 heterocycles. The fraction of sp³-hybridized carbons (Fsp3) is 0.235. The van der Waals surface area contributed by atoms with Crippen molar-refractivity contribution in [3.8, 4) is 5.75 Å². The lowest BCUT2D eigenvalue weighted by Gasteiger charge is -2.26. The Kier molecular flexibility index (Phi) is 3.77. The molecule has 1 aliphatic heterocycles. The van der Waals surface area contributed by atoms with Gasteiger partial charge in [-0.2, -0.15) is 0 Å². The Balaban J connectivity index is 1.69. The summed E-state index contributed by atoms with van der Waals surface area (Å²) in [5.41, 5.74) is 2.93. The Morgan fingerprint density at radius 3 is 3.00 bits per heavy atom. The van der Waals surface area contributed by atoms with Crippen molar-refractivity contribution in [2.24, 2.45) is 0 Å². The average molecular weight is 282 g/mol. The van der Waals surface area contributed by atoms with Crippen LogP contribution < -0.4 is 15.4 Å². The van der Waals surface area contributed by atoms with Crippen molar-refractivity contribution in [3.05, 3.63) is 54.1 Å². The molecule has 0 saturated carbocycles. The normalized spacial score (nSPS) is 16.3. The fourth-order valence-electron chi connectivity index (χ4n) is 2.35. The number of benzene rings is 2. The molecule has 1 unspecified atom stereocenters. The number of fused-ring (bicyclic) bond motifs is 1. The van der Waals surface area contributed by atoms with Gasteiger partial charge in [-0.1, -0.05) is 31.2 Å². The first-order chi connectivity index (χ1) is 10.3. The van der Waals surface area contributed by atoms with Crippen LogP contribution in [0.4, 0.5) is 11.4 Å². The molecule has 2 N–H and O–H groups in total. The standard InChI is InChI=1S/C17H18N2O2/c1-2-12-6-5-7-13(10-12)19-17(20)16-11-18-14-8-3-4-9-15(14)21-16/h3-10,16,18H,2,11H2,1H3,(H,19,20). The SMILES string of the molecule is CCc1cccc(NC(=O)C2CNc3ccccc3O2)c1. The van der Waals surface area contributed by atoms with Crippen LogP contribution in [0.1, 0.15) is 12.5 Å². The third-order valence-electron chi connectivity index (χ3n) is 3.53. The van der Waals surface area contributed by atoms with Gasteiger partial charge in [-0.15, -0.1) is 0 Å². The number of rotatable bonds is 3. The van der Waals surface area contributed by atoms with E-state index in [2.05, 4.69) is 17.6 Å². The largest absolute Gasteiger partial charge is 0.477 e. The highest BCUT2D eigenvalue weighted by Crippen LogP contribution is 2.28. The van der Waals surface area contributed by atoms with Gasteiger partial charge in [-0.05, 0) is 36.2 Å². The molecule has 4 nitrogen and oxygen atoms in total. The first kappa shape index (κ1) is 13.5. The third kappa shape index (κ3) is 2.99. The molecule has 3 rings (SSSR count). The Labute approximate surface area is 124 Å². The number of amides is 1. The van der Waals surface area contributed by atoms with E-state index in [4.69, 9.17) is 4.74 Å². The van der Waals surface area contributed by atoms with E-state index in [1.54, 1.807) is 0 Å². The quantitative estimate of drug-likeness (QED) is 0.909. The van der Waals surface area contributed by atoms with Crippen LogP contribution >= 0.6 is 0 Å². The molecule has 2 aromatic carbocycles. The van der Waals surface area contributed by atoms with E-state index >= 15 is 0 Å². The zero-order valence-electron chi connectivity index (χ0n) is 11.9. The number of nitrogens with one attached hydrogen (secondary N) is 2. The molecule has 1 aliphatic rings. The molecule has 1 amide bonds. The van der Waals surface area contributed by atoms with Gasteiger partial charge in [-0.25, -0.2) is 0 Å². The van der Waals surface area contributed by atoms with Crippen LogP contribution in [0.15, 0.2) is 48.5 Å². The molecule has 21 heavy (non-hydrogen) atoms. The van der Waals surface area contributed by atoms with Crippen molar-refractivity contribution in [1.82, 2.24) is 0 Å². The van der Waals surface area contributed by atoms with E-state index in [1.807, 2.05) is 48.5 Å². The molecule has 108 valence electrons. The molecule has 0 aromatic heterocycles. The minimum absolute atomic E-state index is 0.134. The van der Waals surface area contributed by atoms with Gasteiger partial charge >= 0.3 is 0 Å². The second-order valence-corrected chi connectivity index (χ2v) is 5.03. The molecular weight excluding hydrogens is 264 g/mol. The minimum atomic E-state index is -0.523. The molecular formula is C17H18N2O2. The topological polar surface area (TPSA) is 50.4 Å². The molecule has 0 fully saturated rings. The van der Waals surface area contributed by atoms with Crippen LogP contribution in [0.2, 0.25) is 0 Å². The predicted molar refractivity (Wildman–Crippen MR) is 83.8 cm³/mol. The van der Waals surface area contributed by atoms with Crippen molar-refractivity contribution >= 4 is 17.3 Å². The maximum absolute atomic E-state index is 12.3. The number of para-hydroxylation sites is 2. The molecule has 0 saturated heterocycles. The van der Waals surface area contributed by atoms with E-state index in [-0.39, 0.29) is 5.91 Å². The summed E-state index contributed by atoms with van der Waals surface area (Å²) in [4.78, 5) is 12.3. The highest BCUT2D eigenvalue weighted by atomic mass is 16.5. The molecule has 1 atom stereocenters. The van der Waals surface area contributed by atoms with Gasteiger partial charge in [0.05, 0.1) is 12.2 Å². The smallest absolute Gasteiger partial charge is 0.267 e. The molecule has 0 bridgehead atoms. The first-order valence-corrected chi connectivity index (χ1v) is 7.15. The maximum Gasteiger partial charge on any atom is 0.267 e. The second kappa shape index (κ2) is 5.87. The Morgan fingerprint density at radius 2 is 2.14 bits per heavy atom. The lowest BCUT2D eigenvalue weighted by Crippen LogP contribution is -2.41. The summed E-state index contributed by atoms with van der Waals surface area (Å²) in [6, 6.07) is 15.5.